The first-order chi connectivity index (χ1) is 18.5. The van der Waals surface area contributed by atoms with E-state index in [0.29, 0.717) is 28.2 Å². The molecule has 0 aliphatic rings. The number of rotatable bonds is 14. The van der Waals surface area contributed by atoms with Crippen LogP contribution in [0.15, 0.2) is 48.7 Å². The molecule has 39 heavy (non-hydrogen) atoms. The monoisotopic (exact) mass is 573 g/mol. The van der Waals surface area contributed by atoms with Gasteiger partial charge in [0, 0.05) is 43.7 Å². The maximum Gasteiger partial charge on any atom is 0.229 e. The molecular weight excluding hydrogens is 533 g/mol. The van der Waals surface area contributed by atoms with Crippen molar-refractivity contribution in [3.05, 3.63) is 53.7 Å². The van der Waals surface area contributed by atoms with Crippen LogP contribution in [0, 0.1) is 0 Å². The molecule has 2 N–H and O–H groups in total. The van der Waals surface area contributed by atoms with Crippen molar-refractivity contribution in [3.8, 4) is 5.75 Å². The summed E-state index contributed by atoms with van der Waals surface area (Å²) in [7, 11) is 7.58. The minimum atomic E-state index is -2.51. The van der Waals surface area contributed by atoms with Crippen LogP contribution < -0.4 is 25.6 Å². The second kappa shape index (κ2) is 14.0. The Hall–Kier alpha value is -2.84. The van der Waals surface area contributed by atoms with Crippen LogP contribution in [0.4, 0.5) is 28.8 Å². The van der Waals surface area contributed by atoms with Gasteiger partial charge in [0.05, 0.1) is 24.7 Å². The van der Waals surface area contributed by atoms with Crippen molar-refractivity contribution >= 4 is 52.9 Å². The van der Waals surface area contributed by atoms with Crippen LogP contribution >= 0.6 is 18.7 Å². The molecule has 0 fully saturated rings. The van der Waals surface area contributed by atoms with Crippen molar-refractivity contribution in [1.29, 1.82) is 0 Å². The summed E-state index contributed by atoms with van der Waals surface area (Å²) in [6.45, 7) is 7.55. The zero-order valence-corrected chi connectivity index (χ0v) is 25.7. The van der Waals surface area contributed by atoms with Gasteiger partial charge in [-0.3, -0.25) is 0 Å². The van der Waals surface area contributed by atoms with Gasteiger partial charge in [0.2, 0.25) is 5.95 Å². The smallest absolute Gasteiger partial charge is 0.229 e. The first-order valence-electron chi connectivity index (χ1n) is 12.9. The highest BCUT2D eigenvalue weighted by Gasteiger charge is 2.17. The molecule has 3 aromatic rings. The van der Waals surface area contributed by atoms with Crippen LogP contribution in [0.25, 0.3) is 0 Å². The number of hydrogen-bond acceptors (Lipinski definition) is 9. The van der Waals surface area contributed by atoms with Crippen LogP contribution in [0.5, 0.6) is 5.75 Å². The number of aromatic nitrogens is 2. The van der Waals surface area contributed by atoms with E-state index < -0.39 is 7.14 Å². The van der Waals surface area contributed by atoms with E-state index in [9.17, 15) is 4.57 Å². The lowest BCUT2D eigenvalue weighted by molar-refractivity contribution is 0.280. The third-order valence-corrected chi connectivity index (χ3v) is 8.14. The van der Waals surface area contributed by atoms with E-state index in [1.807, 2.05) is 42.5 Å². The zero-order valence-electron chi connectivity index (χ0n) is 24.0. The molecule has 1 aromatic heterocycles. The molecule has 212 valence electrons. The molecule has 3 rings (SSSR count). The SMILES string of the molecule is COc1cc(N(C)CCCN(C)CCN(C)C)ccc1Nc1ncc(Cl)c(Nc2ccccc2P(C)(C)=O)n1. The quantitative estimate of drug-likeness (QED) is 0.253. The fourth-order valence-electron chi connectivity index (χ4n) is 4.02. The third kappa shape index (κ3) is 9.11. The predicted molar refractivity (Wildman–Crippen MR) is 166 cm³/mol. The average Bonchev–Trinajstić information content (AvgIpc) is 2.89. The Morgan fingerprint density at radius 1 is 0.949 bits per heavy atom. The second-order valence-electron chi connectivity index (χ2n) is 10.3. The largest absolute Gasteiger partial charge is 0.494 e. The van der Waals surface area contributed by atoms with Crippen LogP contribution in [0.3, 0.4) is 0 Å². The number of anilines is 5. The highest BCUT2D eigenvalue weighted by Crippen LogP contribution is 2.39. The van der Waals surface area contributed by atoms with Crippen LogP contribution in [-0.2, 0) is 4.57 Å². The normalized spacial score (nSPS) is 11.6. The number of hydrogen-bond donors (Lipinski definition) is 2. The Labute approximate surface area is 237 Å². The fraction of sp³-hybridized carbons (Fsp3) is 0.429. The Morgan fingerprint density at radius 2 is 1.69 bits per heavy atom. The summed E-state index contributed by atoms with van der Waals surface area (Å²) in [5, 5.41) is 7.55. The van der Waals surface area contributed by atoms with E-state index in [-0.39, 0.29) is 0 Å². The number of nitrogens with one attached hydrogen (secondary N) is 2. The number of nitrogens with zero attached hydrogens (tertiary/aromatic N) is 5. The van der Waals surface area contributed by atoms with E-state index in [4.69, 9.17) is 16.3 Å². The molecule has 0 aliphatic heterocycles. The van der Waals surface area contributed by atoms with Crippen molar-refractivity contribution < 1.29 is 9.30 Å². The van der Waals surface area contributed by atoms with Gasteiger partial charge in [-0.2, -0.15) is 4.98 Å². The molecule has 0 unspecified atom stereocenters. The summed E-state index contributed by atoms with van der Waals surface area (Å²) in [4.78, 5) is 15.7. The third-order valence-electron chi connectivity index (χ3n) is 6.32. The number of halogens is 1. The second-order valence-corrected chi connectivity index (χ2v) is 13.9. The van der Waals surface area contributed by atoms with Gasteiger partial charge in [0.15, 0.2) is 5.82 Å². The first-order valence-corrected chi connectivity index (χ1v) is 15.9. The highest BCUT2D eigenvalue weighted by molar-refractivity contribution is 7.70. The first kappa shape index (κ1) is 30.7. The fourth-order valence-corrected chi connectivity index (χ4v) is 5.32. The summed E-state index contributed by atoms with van der Waals surface area (Å²) in [6, 6.07) is 13.5. The molecule has 0 aliphatic carbocycles. The van der Waals surface area contributed by atoms with Gasteiger partial charge in [-0.05, 0) is 71.7 Å². The molecule has 2 aromatic carbocycles. The Bertz CT molecular complexity index is 1280. The number of para-hydroxylation sites is 1. The number of likely N-dealkylation sites (N-methyl/N-ethyl adjacent to an activating group) is 2. The molecule has 0 saturated heterocycles. The Morgan fingerprint density at radius 3 is 2.38 bits per heavy atom. The minimum Gasteiger partial charge on any atom is -0.494 e. The summed E-state index contributed by atoms with van der Waals surface area (Å²) in [5.41, 5.74) is 2.50. The maximum atomic E-state index is 12.8. The van der Waals surface area contributed by atoms with Gasteiger partial charge in [-0.15, -0.1) is 0 Å². The predicted octanol–water partition coefficient (Wildman–Crippen LogP) is 5.19. The van der Waals surface area contributed by atoms with E-state index in [1.165, 1.54) is 6.20 Å². The lowest BCUT2D eigenvalue weighted by atomic mass is 10.2. The average molecular weight is 574 g/mol. The van der Waals surface area contributed by atoms with Crippen LogP contribution in [0.1, 0.15) is 6.42 Å². The molecule has 0 spiro atoms. The van der Waals surface area contributed by atoms with Crippen LogP contribution in [0.2, 0.25) is 5.02 Å². The standard InChI is InChI=1S/C28H41ClN7O2P/c1-34(2)17-18-35(3)15-10-16-36(4)21-13-14-23(25(19-21)38-5)32-28-30-20-22(29)27(33-28)31-24-11-8-9-12-26(24)39(6,7)37/h8-9,11-14,19-20H,10,15-18H2,1-7H3,(H2,30,31,32,33). The molecule has 0 saturated carbocycles. The molecule has 11 heteroatoms. The summed E-state index contributed by atoms with van der Waals surface area (Å²) in [5.74, 6) is 1.45. The van der Waals surface area contributed by atoms with Gasteiger partial charge >= 0.3 is 0 Å². The zero-order chi connectivity index (χ0) is 28.6. The van der Waals surface area contributed by atoms with Gasteiger partial charge in [-0.25, -0.2) is 4.98 Å². The minimum absolute atomic E-state index is 0.355. The Kier molecular flexibility index (Phi) is 11.0. The summed E-state index contributed by atoms with van der Waals surface area (Å²) >= 11 is 6.40. The van der Waals surface area contributed by atoms with Crippen molar-refractivity contribution in [3.63, 3.8) is 0 Å². The molecular formula is C28H41ClN7O2P. The van der Waals surface area contributed by atoms with Crippen molar-refractivity contribution in [2.24, 2.45) is 0 Å². The molecule has 0 amide bonds. The summed E-state index contributed by atoms with van der Waals surface area (Å²) in [6.07, 6.45) is 2.59. The Balaban J connectivity index is 1.70. The topological polar surface area (TPSA) is 85.9 Å². The molecule has 0 bridgehead atoms. The maximum absolute atomic E-state index is 12.8. The lowest BCUT2D eigenvalue weighted by Gasteiger charge is -2.23. The highest BCUT2D eigenvalue weighted by atomic mass is 35.5. The van der Waals surface area contributed by atoms with Gasteiger partial charge < -0.3 is 34.6 Å². The number of ether oxygens (including phenoxy) is 1. The van der Waals surface area contributed by atoms with E-state index >= 15 is 0 Å². The van der Waals surface area contributed by atoms with Gasteiger partial charge in [0.25, 0.3) is 0 Å². The van der Waals surface area contributed by atoms with Crippen molar-refractivity contribution in [1.82, 2.24) is 19.8 Å². The van der Waals surface area contributed by atoms with Crippen molar-refractivity contribution in [2.45, 2.75) is 6.42 Å². The molecule has 0 radical (unpaired) electrons. The van der Waals surface area contributed by atoms with Crippen LogP contribution in [-0.4, -0.2) is 94.6 Å². The van der Waals surface area contributed by atoms with E-state index in [2.05, 4.69) is 63.5 Å². The lowest BCUT2D eigenvalue weighted by Crippen LogP contribution is -2.31. The molecule has 1 heterocycles. The molecule has 9 nitrogen and oxygen atoms in total. The number of benzene rings is 2. The van der Waals surface area contributed by atoms with Gasteiger partial charge in [-0.1, -0.05) is 23.7 Å². The number of methoxy groups -OCH3 is 1. The van der Waals surface area contributed by atoms with Gasteiger partial charge in [0.1, 0.15) is 17.9 Å². The van der Waals surface area contributed by atoms with E-state index in [1.54, 1.807) is 20.4 Å². The molecule has 0 atom stereocenters. The summed E-state index contributed by atoms with van der Waals surface area (Å²) < 4.78 is 18.4. The van der Waals surface area contributed by atoms with Crippen molar-refractivity contribution in [2.75, 3.05) is 90.3 Å². The van der Waals surface area contributed by atoms with E-state index in [0.717, 1.165) is 49.3 Å².